The molecule has 3 nitrogen and oxygen atoms in total. The highest BCUT2D eigenvalue weighted by molar-refractivity contribution is 7.18. The van der Waals surface area contributed by atoms with E-state index in [1.165, 1.54) is 16.0 Å². The Balaban J connectivity index is 2.14. The van der Waals surface area contributed by atoms with Gasteiger partial charge in [0.15, 0.2) is 0 Å². The SMILES string of the molecule is Cc1sc2nc(Cl)nc(N(Cc3ccccc3)C(C)C)c2c1C. The first kappa shape index (κ1) is 16.2. The zero-order valence-electron chi connectivity index (χ0n) is 13.8. The molecule has 0 bridgehead atoms. The quantitative estimate of drug-likeness (QED) is 0.595. The van der Waals surface area contributed by atoms with E-state index in [4.69, 9.17) is 11.6 Å². The third-order valence-corrected chi connectivity index (χ3v) is 5.34. The molecular weight excluding hydrogens is 326 g/mol. The van der Waals surface area contributed by atoms with Crippen LogP contribution in [-0.2, 0) is 6.54 Å². The van der Waals surface area contributed by atoms with Gasteiger partial charge in [0.25, 0.3) is 0 Å². The lowest BCUT2D eigenvalue weighted by Gasteiger charge is -2.29. The van der Waals surface area contributed by atoms with Crippen molar-refractivity contribution in [3.8, 4) is 0 Å². The van der Waals surface area contributed by atoms with Crippen LogP contribution in [-0.4, -0.2) is 16.0 Å². The average molecular weight is 346 g/mol. The Morgan fingerprint density at radius 3 is 2.48 bits per heavy atom. The maximum absolute atomic E-state index is 6.19. The third-order valence-electron chi connectivity index (χ3n) is 4.07. The van der Waals surface area contributed by atoms with Crippen molar-refractivity contribution in [2.24, 2.45) is 0 Å². The first-order valence-corrected chi connectivity index (χ1v) is 8.90. The molecule has 0 aliphatic carbocycles. The van der Waals surface area contributed by atoms with Crippen molar-refractivity contribution in [3.05, 3.63) is 51.6 Å². The molecule has 3 rings (SSSR count). The Morgan fingerprint density at radius 1 is 1.13 bits per heavy atom. The summed E-state index contributed by atoms with van der Waals surface area (Å²) in [7, 11) is 0. The van der Waals surface area contributed by atoms with Gasteiger partial charge in [-0.15, -0.1) is 11.3 Å². The van der Waals surface area contributed by atoms with Gasteiger partial charge in [0.2, 0.25) is 5.28 Å². The first-order chi connectivity index (χ1) is 11.0. The molecule has 0 spiro atoms. The fourth-order valence-corrected chi connectivity index (χ4v) is 3.93. The highest BCUT2D eigenvalue weighted by atomic mass is 35.5. The number of nitrogens with zero attached hydrogens (tertiary/aromatic N) is 3. The largest absolute Gasteiger partial charge is 0.349 e. The van der Waals surface area contributed by atoms with Crippen molar-refractivity contribution in [1.29, 1.82) is 0 Å². The molecular formula is C18H20ClN3S. The maximum Gasteiger partial charge on any atom is 0.225 e. The summed E-state index contributed by atoms with van der Waals surface area (Å²) in [5, 5.41) is 1.44. The summed E-state index contributed by atoms with van der Waals surface area (Å²) >= 11 is 7.88. The van der Waals surface area contributed by atoms with E-state index in [0.717, 1.165) is 22.6 Å². The number of halogens is 1. The second kappa shape index (κ2) is 6.46. The normalized spacial score (nSPS) is 11.4. The summed E-state index contributed by atoms with van der Waals surface area (Å²) in [6.45, 7) is 9.42. The molecule has 120 valence electrons. The Labute approximate surface area is 146 Å². The van der Waals surface area contributed by atoms with Gasteiger partial charge in [0.1, 0.15) is 10.6 Å². The van der Waals surface area contributed by atoms with Gasteiger partial charge in [-0.2, -0.15) is 4.98 Å². The molecule has 0 saturated carbocycles. The minimum atomic E-state index is 0.309. The summed E-state index contributed by atoms with van der Waals surface area (Å²) in [4.78, 5) is 13.5. The lowest BCUT2D eigenvalue weighted by molar-refractivity contribution is 0.675. The van der Waals surface area contributed by atoms with Crippen molar-refractivity contribution in [2.45, 2.75) is 40.3 Å². The number of anilines is 1. The molecule has 23 heavy (non-hydrogen) atoms. The third kappa shape index (κ3) is 3.19. The molecule has 0 atom stereocenters. The second-order valence-electron chi connectivity index (χ2n) is 5.99. The molecule has 2 heterocycles. The number of fused-ring (bicyclic) bond motifs is 1. The first-order valence-electron chi connectivity index (χ1n) is 7.71. The molecule has 2 aromatic heterocycles. The van der Waals surface area contributed by atoms with Crippen molar-refractivity contribution < 1.29 is 0 Å². The van der Waals surface area contributed by atoms with Crippen LogP contribution >= 0.6 is 22.9 Å². The van der Waals surface area contributed by atoms with E-state index in [9.17, 15) is 0 Å². The number of hydrogen-bond acceptors (Lipinski definition) is 4. The van der Waals surface area contributed by atoms with Gasteiger partial charge in [-0.25, -0.2) is 4.98 Å². The minimum absolute atomic E-state index is 0.309. The van der Waals surface area contributed by atoms with Crippen molar-refractivity contribution in [2.75, 3.05) is 4.90 Å². The molecule has 0 saturated heterocycles. The molecule has 0 aliphatic heterocycles. The number of thiophene rings is 1. The molecule has 0 aliphatic rings. The van der Waals surface area contributed by atoms with Gasteiger partial charge in [-0.05, 0) is 50.4 Å². The van der Waals surface area contributed by atoms with E-state index in [-0.39, 0.29) is 0 Å². The smallest absolute Gasteiger partial charge is 0.225 e. The molecule has 0 fully saturated rings. The molecule has 0 N–H and O–H groups in total. The molecule has 0 amide bonds. The molecule has 3 aromatic rings. The Bertz CT molecular complexity index is 827. The molecule has 0 unspecified atom stereocenters. The zero-order chi connectivity index (χ0) is 16.6. The monoisotopic (exact) mass is 345 g/mol. The van der Waals surface area contributed by atoms with Gasteiger partial charge < -0.3 is 4.90 Å². The Kier molecular flexibility index (Phi) is 4.55. The van der Waals surface area contributed by atoms with E-state index < -0.39 is 0 Å². The van der Waals surface area contributed by atoms with Gasteiger partial charge in [0, 0.05) is 17.5 Å². The topological polar surface area (TPSA) is 29.0 Å². The number of aryl methyl sites for hydroxylation is 2. The summed E-state index contributed by atoms with van der Waals surface area (Å²) in [5.74, 6) is 0.931. The number of benzene rings is 1. The van der Waals surface area contributed by atoms with Crippen molar-refractivity contribution >= 4 is 39.0 Å². The predicted octanol–water partition coefficient (Wildman–Crippen LogP) is 5.38. The lowest BCUT2D eigenvalue weighted by Crippen LogP contribution is -2.31. The van der Waals surface area contributed by atoms with Crippen molar-refractivity contribution in [3.63, 3.8) is 0 Å². The minimum Gasteiger partial charge on any atom is -0.349 e. The number of rotatable bonds is 4. The van der Waals surface area contributed by atoms with E-state index >= 15 is 0 Å². The van der Waals surface area contributed by atoms with Crippen LogP contribution in [0.15, 0.2) is 30.3 Å². The van der Waals surface area contributed by atoms with Gasteiger partial charge in [-0.3, -0.25) is 0 Å². The summed E-state index contributed by atoms with van der Waals surface area (Å²) < 4.78 is 0. The number of hydrogen-bond donors (Lipinski definition) is 0. The van der Waals surface area contributed by atoms with Gasteiger partial charge >= 0.3 is 0 Å². The average Bonchev–Trinajstić information content (AvgIpc) is 2.79. The van der Waals surface area contributed by atoms with Crippen LogP contribution in [0.1, 0.15) is 29.9 Å². The highest BCUT2D eigenvalue weighted by Gasteiger charge is 2.21. The highest BCUT2D eigenvalue weighted by Crippen LogP contribution is 2.36. The fourth-order valence-electron chi connectivity index (χ4n) is 2.69. The number of aromatic nitrogens is 2. The van der Waals surface area contributed by atoms with Crippen LogP contribution < -0.4 is 4.90 Å². The Morgan fingerprint density at radius 2 is 1.83 bits per heavy atom. The van der Waals surface area contributed by atoms with Gasteiger partial charge in [-0.1, -0.05) is 30.3 Å². The van der Waals surface area contributed by atoms with Crippen LogP contribution in [0.5, 0.6) is 0 Å². The standard InChI is InChI=1S/C18H20ClN3S/c1-11(2)22(10-14-8-6-5-7-9-14)16-15-12(3)13(4)23-17(15)21-18(19)20-16/h5-9,11H,10H2,1-4H3. The fraction of sp³-hybridized carbons (Fsp3) is 0.333. The van der Waals surface area contributed by atoms with Crippen LogP contribution in [0.2, 0.25) is 5.28 Å². The molecule has 5 heteroatoms. The summed E-state index contributed by atoms with van der Waals surface area (Å²) in [5.41, 5.74) is 2.50. The molecule has 0 radical (unpaired) electrons. The summed E-state index contributed by atoms with van der Waals surface area (Å²) in [6, 6.07) is 10.8. The van der Waals surface area contributed by atoms with Crippen LogP contribution in [0.25, 0.3) is 10.2 Å². The van der Waals surface area contributed by atoms with Gasteiger partial charge in [0.05, 0.1) is 5.39 Å². The van der Waals surface area contributed by atoms with Crippen LogP contribution in [0.4, 0.5) is 5.82 Å². The Hall–Kier alpha value is -1.65. The predicted molar refractivity (Wildman–Crippen MR) is 99.7 cm³/mol. The zero-order valence-corrected chi connectivity index (χ0v) is 15.4. The van der Waals surface area contributed by atoms with E-state index in [1.807, 2.05) is 6.07 Å². The van der Waals surface area contributed by atoms with E-state index in [1.54, 1.807) is 11.3 Å². The van der Waals surface area contributed by atoms with Crippen molar-refractivity contribution in [1.82, 2.24) is 9.97 Å². The lowest BCUT2D eigenvalue weighted by atomic mass is 10.1. The summed E-state index contributed by atoms with van der Waals surface area (Å²) in [6.07, 6.45) is 0. The molecule has 1 aromatic carbocycles. The van der Waals surface area contributed by atoms with E-state index in [0.29, 0.717) is 11.3 Å². The van der Waals surface area contributed by atoms with Crippen LogP contribution in [0.3, 0.4) is 0 Å². The van der Waals surface area contributed by atoms with E-state index in [2.05, 4.69) is 66.8 Å². The van der Waals surface area contributed by atoms with Crippen LogP contribution in [0, 0.1) is 13.8 Å². The second-order valence-corrected chi connectivity index (χ2v) is 7.53. The maximum atomic E-state index is 6.19.